The third-order valence-corrected chi connectivity index (χ3v) is 6.60. The molecular formula is C24H35FN6O4. The lowest BCUT2D eigenvalue weighted by atomic mass is 9.75. The van der Waals surface area contributed by atoms with Crippen molar-refractivity contribution in [3.63, 3.8) is 0 Å². The molecule has 10 nitrogen and oxygen atoms in total. The number of amides is 2. The van der Waals surface area contributed by atoms with Gasteiger partial charge in [-0.3, -0.25) is 14.6 Å². The number of aromatic nitrogens is 4. The predicted octanol–water partition coefficient (Wildman–Crippen LogP) is 3.52. The highest BCUT2D eigenvalue weighted by molar-refractivity contribution is 6.03. The minimum absolute atomic E-state index is 0.0190. The Morgan fingerprint density at radius 1 is 1.37 bits per heavy atom. The van der Waals surface area contributed by atoms with Gasteiger partial charge in [-0.2, -0.15) is 10.2 Å². The van der Waals surface area contributed by atoms with Gasteiger partial charge >= 0.3 is 6.09 Å². The number of carbonyl (C=O) groups excluding carboxylic acids is 2. The molecule has 1 saturated heterocycles. The lowest BCUT2D eigenvalue weighted by molar-refractivity contribution is 0.00575. The number of anilines is 1. The number of H-pyrrole nitrogens is 1. The summed E-state index contributed by atoms with van der Waals surface area (Å²) in [4.78, 5) is 26.6. The van der Waals surface area contributed by atoms with Gasteiger partial charge in [0, 0.05) is 31.1 Å². The summed E-state index contributed by atoms with van der Waals surface area (Å²) < 4.78 is 27.2. The van der Waals surface area contributed by atoms with Crippen molar-refractivity contribution in [2.75, 3.05) is 32.1 Å². The summed E-state index contributed by atoms with van der Waals surface area (Å²) in [7, 11) is 1.70. The molecule has 1 aliphatic carbocycles. The highest BCUT2D eigenvalue weighted by atomic mass is 19.1. The number of carbonyl (C=O) groups is 2. The van der Waals surface area contributed by atoms with Crippen LogP contribution in [0.3, 0.4) is 0 Å². The Morgan fingerprint density at radius 2 is 2.14 bits per heavy atom. The van der Waals surface area contributed by atoms with Gasteiger partial charge in [0.15, 0.2) is 5.69 Å². The second-order valence-corrected chi connectivity index (χ2v) is 10.9. The summed E-state index contributed by atoms with van der Waals surface area (Å²) in [5.41, 5.74) is 2.13. The number of fused-ring (bicyclic) bond motifs is 1. The van der Waals surface area contributed by atoms with Gasteiger partial charge in [-0.25, -0.2) is 9.18 Å². The summed E-state index contributed by atoms with van der Waals surface area (Å²) in [6.07, 6.45) is 4.11. The maximum absolute atomic E-state index is 15.0. The number of nitrogens with zero attached hydrogens (tertiary/aromatic N) is 4. The molecule has 0 unspecified atom stereocenters. The molecule has 2 N–H and O–H groups in total. The highest BCUT2D eigenvalue weighted by Gasteiger charge is 2.36. The maximum atomic E-state index is 15.0. The largest absolute Gasteiger partial charge is 0.444 e. The molecule has 0 radical (unpaired) electrons. The number of hydrogen-bond acceptors (Lipinski definition) is 6. The number of piperidine rings is 1. The van der Waals surface area contributed by atoms with Gasteiger partial charge in [0.1, 0.15) is 11.8 Å². The molecule has 3 atom stereocenters. The number of alkyl halides is 1. The van der Waals surface area contributed by atoms with E-state index < -0.39 is 23.9 Å². The first-order chi connectivity index (χ1) is 16.5. The van der Waals surface area contributed by atoms with Crippen LogP contribution in [0.5, 0.6) is 0 Å². The van der Waals surface area contributed by atoms with Crippen molar-refractivity contribution in [2.45, 2.75) is 71.2 Å². The van der Waals surface area contributed by atoms with Crippen LogP contribution in [0.4, 0.5) is 14.9 Å². The van der Waals surface area contributed by atoms with Crippen LogP contribution >= 0.6 is 0 Å². The zero-order valence-corrected chi connectivity index (χ0v) is 21.1. The normalized spacial score (nSPS) is 24.7. The van der Waals surface area contributed by atoms with Crippen molar-refractivity contribution in [1.82, 2.24) is 24.9 Å². The van der Waals surface area contributed by atoms with Crippen LogP contribution in [0.15, 0.2) is 12.4 Å². The fourth-order valence-corrected chi connectivity index (χ4v) is 4.88. The average molecular weight is 491 g/mol. The van der Waals surface area contributed by atoms with E-state index in [0.717, 1.165) is 30.5 Å². The minimum atomic E-state index is -1.31. The van der Waals surface area contributed by atoms with Gasteiger partial charge in [-0.05, 0) is 51.9 Å². The van der Waals surface area contributed by atoms with E-state index in [4.69, 9.17) is 9.47 Å². The van der Waals surface area contributed by atoms with Gasteiger partial charge in [0.2, 0.25) is 0 Å². The molecule has 1 aliphatic heterocycles. The second kappa shape index (κ2) is 9.60. The lowest BCUT2D eigenvalue weighted by Crippen LogP contribution is -2.47. The first-order valence-electron chi connectivity index (χ1n) is 12.0. The first-order valence-corrected chi connectivity index (χ1v) is 12.0. The zero-order valence-electron chi connectivity index (χ0n) is 21.1. The molecule has 3 heterocycles. The number of hydrogen-bond donors (Lipinski definition) is 2. The molecule has 0 bridgehead atoms. The Hall–Kier alpha value is -2.95. The van der Waals surface area contributed by atoms with Crippen LogP contribution in [0.25, 0.3) is 0 Å². The molecule has 1 fully saturated rings. The molecular weight excluding hydrogens is 455 g/mol. The Morgan fingerprint density at radius 3 is 2.83 bits per heavy atom. The molecule has 2 aromatic rings. The number of ether oxygens (including phenoxy) is 2. The Kier molecular flexibility index (Phi) is 6.90. The highest BCUT2D eigenvalue weighted by Crippen LogP contribution is 2.36. The third-order valence-electron chi connectivity index (χ3n) is 6.60. The quantitative estimate of drug-likeness (QED) is 0.663. The van der Waals surface area contributed by atoms with Gasteiger partial charge in [-0.1, -0.05) is 6.92 Å². The van der Waals surface area contributed by atoms with Crippen LogP contribution in [0.2, 0.25) is 0 Å². The molecule has 35 heavy (non-hydrogen) atoms. The fourth-order valence-electron chi connectivity index (χ4n) is 4.88. The van der Waals surface area contributed by atoms with Crippen molar-refractivity contribution in [3.05, 3.63) is 29.3 Å². The summed E-state index contributed by atoms with van der Waals surface area (Å²) in [6.45, 7) is 8.46. The van der Waals surface area contributed by atoms with Crippen LogP contribution in [-0.2, 0) is 22.3 Å². The third kappa shape index (κ3) is 5.66. The standard InChI is InChI=1S/C24H35FN6O4/c1-23(2,3)35-22(33)30-9-7-19(17(25)13-30)31-12-15(11-26-31)27-21(32)20-16-6-8-24(4,14-34-5)10-18(16)28-29-20/h11-12,17,19H,6-10,13-14H2,1-5H3,(H,27,32)(H,28,29)/t17-,19-,24-/m0/s1. The Labute approximate surface area is 204 Å². The van der Waals surface area contributed by atoms with E-state index in [2.05, 4.69) is 27.5 Å². The topological polar surface area (TPSA) is 114 Å². The van der Waals surface area contributed by atoms with Crippen LogP contribution < -0.4 is 5.32 Å². The van der Waals surface area contributed by atoms with E-state index >= 15 is 0 Å². The number of likely N-dealkylation sites (tertiary alicyclic amines) is 1. The zero-order chi connectivity index (χ0) is 25.4. The number of nitrogens with one attached hydrogen (secondary N) is 2. The lowest BCUT2D eigenvalue weighted by Gasteiger charge is -2.35. The molecule has 11 heteroatoms. The number of halogens is 1. The monoisotopic (exact) mass is 490 g/mol. The SMILES string of the molecule is COC[C@@]1(C)CCc2c(C(=O)Nc3cnn([C@H]4CCN(C(=O)OC(C)(C)C)C[C@@H]4F)c3)n[nH]c2C1. The van der Waals surface area contributed by atoms with E-state index in [0.29, 0.717) is 31.0 Å². The smallest absolute Gasteiger partial charge is 0.410 e. The Balaban J connectivity index is 1.37. The molecule has 192 valence electrons. The molecule has 2 aromatic heterocycles. The molecule has 2 aliphatic rings. The maximum Gasteiger partial charge on any atom is 0.410 e. The van der Waals surface area contributed by atoms with Crippen LogP contribution in [0, 0.1) is 5.41 Å². The van der Waals surface area contributed by atoms with Crippen molar-refractivity contribution in [2.24, 2.45) is 5.41 Å². The van der Waals surface area contributed by atoms with Gasteiger partial charge in [-0.15, -0.1) is 0 Å². The molecule has 0 spiro atoms. The number of aromatic amines is 1. The summed E-state index contributed by atoms with van der Waals surface area (Å²) in [5, 5.41) is 14.4. The van der Waals surface area contributed by atoms with Crippen LogP contribution in [-0.4, -0.2) is 75.5 Å². The van der Waals surface area contributed by atoms with E-state index in [1.807, 2.05) is 0 Å². The van der Waals surface area contributed by atoms with E-state index in [-0.39, 0.29) is 17.9 Å². The summed E-state index contributed by atoms with van der Waals surface area (Å²) in [5.74, 6) is -0.325. The first kappa shape index (κ1) is 25.2. The minimum Gasteiger partial charge on any atom is -0.444 e. The van der Waals surface area contributed by atoms with Gasteiger partial charge in [0.25, 0.3) is 5.91 Å². The fraction of sp³-hybridized carbons (Fsp3) is 0.667. The molecule has 0 saturated carbocycles. The average Bonchev–Trinajstić information content (AvgIpc) is 3.39. The van der Waals surface area contributed by atoms with Gasteiger partial charge < -0.3 is 19.7 Å². The Bertz CT molecular complexity index is 1080. The summed E-state index contributed by atoms with van der Waals surface area (Å²) >= 11 is 0. The van der Waals surface area contributed by atoms with Crippen molar-refractivity contribution >= 4 is 17.7 Å². The van der Waals surface area contributed by atoms with E-state index in [9.17, 15) is 14.0 Å². The van der Waals surface area contributed by atoms with Gasteiger partial charge in [0.05, 0.1) is 31.1 Å². The van der Waals surface area contributed by atoms with Crippen molar-refractivity contribution < 1.29 is 23.5 Å². The summed E-state index contributed by atoms with van der Waals surface area (Å²) in [6, 6.07) is -0.532. The molecule has 0 aromatic carbocycles. The second-order valence-electron chi connectivity index (χ2n) is 10.9. The van der Waals surface area contributed by atoms with Crippen molar-refractivity contribution in [1.29, 1.82) is 0 Å². The number of rotatable bonds is 5. The van der Waals surface area contributed by atoms with Crippen LogP contribution in [0.1, 0.15) is 68.3 Å². The molecule has 4 rings (SSSR count). The predicted molar refractivity (Wildman–Crippen MR) is 127 cm³/mol. The molecule has 2 amide bonds. The van der Waals surface area contributed by atoms with Crippen molar-refractivity contribution in [3.8, 4) is 0 Å². The van der Waals surface area contributed by atoms with E-state index in [1.54, 1.807) is 34.1 Å². The van der Waals surface area contributed by atoms with E-state index in [1.165, 1.54) is 15.8 Å². The number of methoxy groups -OCH3 is 1.